The van der Waals surface area contributed by atoms with Gasteiger partial charge in [0.05, 0.1) is 30.4 Å². The number of alkyl carbamates (subject to hydrolysis) is 1. The summed E-state index contributed by atoms with van der Waals surface area (Å²) in [6.45, 7) is 12.8. The summed E-state index contributed by atoms with van der Waals surface area (Å²) in [7, 11) is 5.22. The van der Waals surface area contributed by atoms with E-state index >= 15 is 0 Å². The Kier molecular flexibility index (Phi) is 13.8. The molecule has 14 nitrogen and oxygen atoms in total. The minimum absolute atomic E-state index is 0.0268. The number of fused-ring (bicyclic) bond motifs is 1. The number of amides is 1. The Hall–Kier alpha value is -2.36. The van der Waals surface area contributed by atoms with Crippen molar-refractivity contribution in [3.63, 3.8) is 0 Å². The van der Waals surface area contributed by atoms with E-state index in [1.165, 1.54) is 6.92 Å². The molecule has 3 rings (SSSR count). The molecule has 0 radical (unpaired) electrons. The zero-order valence-electron chi connectivity index (χ0n) is 30.3. The summed E-state index contributed by atoms with van der Waals surface area (Å²) in [4.78, 5) is 53.2. The first-order valence-electron chi connectivity index (χ1n) is 17.2. The number of carboxylic acid groups (broad SMARTS) is 1. The van der Waals surface area contributed by atoms with Gasteiger partial charge in [-0.15, -0.1) is 0 Å². The molecule has 3 saturated heterocycles. The number of esters is 1. The number of aliphatic hydroxyl groups excluding tert-OH is 1. The van der Waals surface area contributed by atoms with Crippen molar-refractivity contribution < 1.29 is 53.1 Å². The number of ether oxygens (including phenoxy) is 5. The summed E-state index contributed by atoms with van der Waals surface area (Å²) in [5.74, 6) is -4.20. The van der Waals surface area contributed by atoms with Gasteiger partial charge in [0.15, 0.2) is 17.7 Å². The molecule has 4 unspecified atom stereocenters. The smallest absolute Gasteiger partial charge is 0.408 e. The average molecular weight is 686 g/mol. The highest BCUT2D eigenvalue weighted by molar-refractivity contribution is 6.00. The van der Waals surface area contributed by atoms with Gasteiger partial charge in [-0.1, -0.05) is 34.1 Å². The van der Waals surface area contributed by atoms with Crippen LogP contribution in [0.4, 0.5) is 4.79 Å². The summed E-state index contributed by atoms with van der Waals surface area (Å²) >= 11 is 0. The first-order valence-corrected chi connectivity index (χ1v) is 17.2. The monoisotopic (exact) mass is 685 g/mol. The van der Waals surface area contributed by atoms with Crippen LogP contribution in [0.5, 0.6) is 0 Å². The Bertz CT molecular complexity index is 1140. The molecule has 1 amide bonds. The third-order valence-corrected chi connectivity index (χ3v) is 10.8. The van der Waals surface area contributed by atoms with E-state index in [0.717, 1.165) is 12.8 Å². The Morgan fingerprint density at radius 2 is 1.79 bits per heavy atom. The fourth-order valence-corrected chi connectivity index (χ4v) is 7.82. The van der Waals surface area contributed by atoms with Crippen LogP contribution in [0.3, 0.4) is 0 Å². The number of methoxy groups -OCH3 is 1. The van der Waals surface area contributed by atoms with Gasteiger partial charge in [-0.2, -0.15) is 0 Å². The molecule has 0 spiro atoms. The zero-order chi connectivity index (χ0) is 36.1. The number of carbonyl (C=O) groups excluding carboxylic acids is 3. The summed E-state index contributed by atoms with van der Waals surface area (Å²) in [6, 6.07) is -0.798. The highest BCUT2D eigenvalue weighted by Crippen LogP contribution is 2.40. The molecule has 276 valence electrons. The fourth-order valence-electron chi connectivity index (χ4n) is 7.82. The predicted octanol–water partition coefficient (Wildman–Crippen LogP) is 2.34. The van der Waals surface area contributed by atoms with E-state index in [1.54, 1.807) is 21.0 Å². The van der Waals surface area contributed by atoms with Crippen LogP contribution in [-0.2, 0) is 38.1 Å². The van der Waals surface area contributed by atoms with Gasteiger partial charge in [0.25, 0.3) is 0 Å². The van der Waals surface area contributed by atoms with Crippen LogP contribution in [0.2, 0.25) is 0 Å². The van der Waals surface area contributed by atoms with Crippen molar-refractivity contribution in [2.45, 2.75) is 135 Å². The first-order chi connectivity index (χ1) is 22.4. The molecule has 14 heteroatoms. The number of carboxylic acids is 1. The van der Waals surface area contributed by atoms with Gasteiger partial charge in [-0.25, -0.2) is 4.79 Å². The number of likely N-dealkylation sites (N-methyl/N-ethyl adjacent to an activating group) is 1. The van der Waals surface area contributed by atoms with Crippen molar-refractivity contribution in [3.05, 3.63) is 0 Å². The van der Waals surface area contributed by atoms with Gasteiger partial charge in [-0.3, -0.25) is 14.4 Å². The molecular weight excluding hydrogens is 626 g/mol. The standard InChI is InChI=1S/C34H59N3O11/c1-11-24-34(7)28(36-32(43)48-34)19(3)13-12-18(2)15-33(6,44-10)29(20(4)26(40)21(5)30(42)46-24)47-31-27(41)23(37(8)9)14-22(45-31)16-35-17-25(38)39/h18-24,27-29,31,35,41H,11-17H2,1-10H3,(H,36,43)(H,38,39)/t18-,19-,20-,21?,22?,23?,24+,27?,28+,29+,31-,33+,34+/m0/s1. The number of ketones is 1. The number of hydrogen-bond donors (Lipinski definition) is 4. The molecule has 0 aliphatic carbocycles. The number of aliphatic carboxylic acids is 1. The largest absolute Gasteiger partial charge is 0.480 e. The normalized spacial score (nSPS) is 41.8. The maximum absolute atomic E-state index is 14.1. The molecule has 3 aliphatic rings. The molecule has 0 saturated carbocycles. The van der Waals surface area contributed by atoms with Crippen molar-refractivity contribution in [1.82, 2.24) is 15.5 Å². The second-order valence-electron chi connectivity index (χ2n) is 14.8. The van der Waals surface area contributed by atoms with E-state index in [-0.39, 0.29) is 31.0 Å². The van der Waals surface area contributed by atoms with Crippen LogP contribution in [0.1, 0.15) is 80.6 Å². The van der Waals surface area contributed by atoms with Crippen molar-refractivity contribution >= 4 is 23.8 Å². The maximum Gasteiger partial charge on any atom is 0.408 e. The quantitative estimate of drug-likeness (QED) is 0.205. The molecular formula is C34H59N3O11. The molecule has 3 fully saturated rings. The average Bonchev–Trinajstić information content (AvgIpc) is 3.34. The van der Waals surface area contributed by atoms with Gasteiger partial charge >= 0.3 is 18.0 Å². The van der Waals surface area contributed by atoms with Crippen LogP contribution in [0.15, 0.2) is 0 Å². The van der Waals surface area contributed by atoms with Gasteiger partial charge in [0, 0.05) is 25.6 Å². The fraction of sp³-hybridized carbons (Fsp3) is 0.882. The first kappa shape index (κ1) is 40.1. The number of cyclic esters (lactones) is 1. The summed E-state index contributed by atoms with van der Waals surface area (Å²) in [6.07, 6.45) is -2.33. The number of carbonyl (C=O) groups is 4. The Labute approximate surface area is 284 Å². The van der Waals surface area contributed by atoms with E-state index in [1.807, 2.05) is 39.8 Å². The molecule has 3 aliphatic heterocycles. The second-order valence-corrected chi connectivity index (χ2v) is 14.8. The number of nitrogens with one attached hydrogen (secondary N) is 2. The van der Waals surface area contributed by atoms with Gasteiger partial charge in [0.1, 0.15) is 18.1 Å². The van der Waals surface area contributed by atoms with Gasteiger partial charge < -0.3 is 49.4 Å². The van der Waals surface area contributed by atoms with Crippen molar-refractivity contribution in [2.24, 2.45) is 23.7 Å². The lowest BCUT2D eigenvalue weighted by Crippen LogP contribution is -2.60. The highest BCUT2D eigenvalue weighted by Gasteiger charge is 2.55. The van der Waals surface area contributed by atoms with E-state index in [2.05, 4.69) is 17.6 Å². The zero-order valence-corrected chi connectivity index (χ0v) is 30.3. The third kappa shape index (κ3) is 9.05. The third-order valence-electron chi connectivity index (χ3n) is 10.8. The minimum Gasteiger partial charge on any atom is -0.480 e. The lowest BCUT2D eigenvalue weighted by atomic mass is 9.76. The van der Waals surface area contributed by atoms with Crippen LogP contribution in [-0.4, -0.2) is 127 Å². The lowest BCUT2D eigenvalue weighted by Gasteiger charge is -2.47. The molecule has 48 heavy (non-hydrogen) atoms. The summed E-state index contributed by atoms with van der Waals surface area (Å²) in [5, 5.41) is 26.4. The summed E-state index contributed by atoms with van der Waals surface area (Å²) in [5.41, 5.74) is -2.18. The molecule has 4 N–H and O–H groups in total. The van der Waals surface area contributed by atoms with Crippen LogP contribution < -0.4 is 10.6 Å². The van der Waals surface area contributed by atoms with Crippen molar-refractivity contribution in [3.8, 4) is 0 Å². The van der Waals surface area contributed by atoms with Crippen molar-refractivity contribution in [1.29, 1.82) is 0 Å². The second kappa shape index (κ2) is 16.6. The highest BCUT2D eigenvalue weighted by atomic mass is 16.7. The van der Waals surface area contributed by atoms with E-state index in [4.69, 9.17) is 28.8 Å². The van der Waals surface area contributed by atoms with E-state index < -0.39 is 83.6 Å². The number of rotatable bonds is 9. The summed E-state index contributed by atoms with van der Waals surface area (Å²) < 4.78 is 30.8. The van der Waals surface area contributed by atoms with E-state index in [9.17, 15) is 24.3 Å². The Morgan fingerprint density at radius 1 is 1.12 bits per heavy atom. The molecule has 0 bridgehead atoms. The Morgan fingerprint density at radius 3 is 2.38 bits per heavy atom. The number of hydrogen-bond acceptors (Lipinski definition) is 12. The van der Waals surface area contributed by atoms with Crippen LogP contribution >= 0.6 is 0 Å². The molecule has 0 aromatic rings. The van der Waals surface area contributed by atoms with Crippen LogP contribution in [0, 0.1) is 23.7 Å². The van der Waals surface area contributed by atoms with Crippen LogP contribution in [0.25, 0.3) is 0 Å². The predicted molar refractivity (Wildman–Crippen MR) is 175 cm³/mol. The number of aliphatic hydroxyl groups is 1. The van der Waals surface area contributed by atoms with Gasteiger partial charge in [0.2, 0.25) is 0 Å². The molecule has 0 aromatic heterocycles. The topological polar surface area (TPSA) is 182 Å². The van der Waals surface area contributed by atoms with Gasteiger partial charge in [-0.05, 0) is 72.4 Å². The van der Waals surface area contributed by atoms with Crippen molar-refractivity contribution in [2.75, 3.05) is 34.3 Å². The maximum atomic E-state index is 14.1. The van der Waals surface area contributed by atoms with E-state index in [0.29, 0.717) is 19.3 Å². The molecule has 0 aromatic carbocycles. The molecule has 13 atom stereocenters. The number of Topliss-reactive ketones (excluding diaryl/α,β-unsaturated/α-hetero) is 1. The SMILES string of the molecule is CC[C@H]1OC(=O)C(C)C(=O)[C@H](C)[C@@H](O[C@@H]2OC(CNCC(=O)O)CC(N(C)C)C2O)[C@](C)(OC)C[C@@H](C)CC[C@H](C)[C@H]2NC(=O)O[C@@]21C. The minimum atomic E-state index is -1.19. The molecule has 3 heterocycles. The number of nitrogens with zero attached hydrogens (tertiary/aromatic N) is 1. The lowest BCUT2D eigenvalue weighted by molar-refractivity contribution is -0.297. The Balaban J connectivity index is 2.00.